The first-order valence-corrected chi connectivity index (χ1v) is 7.97. The molecule has 0 bridgehead atoms. The van der Waals surface area contributed by atoms with E-state index in [-0.39, 0.29) is 0 Å². The molecule has 1 aromatic heterocycles. The number of benzene rings is 1. The van der Waals surface area contributed by atoms with Crippen LogP contribution >= 0.6 is 11.8 Å². The summed E-state index contributed by atoms with van der Waals surface area (Å²) in [6, 6.07) is 8.19. The Morgan fingerprint density at radius 3 is 2.35 bits per heavy atom. The van der Waals surface area contributed by atoms with E-state index >= 15 is 0 Å². The van der Waals surface area contributed by atoms with Gasteiger partial charge >= 0.3 is 0 Å². The Bertz CT molecular complexity index is 547. The minimum atomic E-state index is -0.525. The van der Waals surface area contributed by atoms with Gasteiger partial charge in [0.15, 0.2) is 0 Å². The molecule has 0 saturated heterocycles. The Labute approximate surface area is 124 Å². The van der Waals surface area contributed by atoms with Crippen molar-refractivity contribution in [2.75, 3.05) is 5.75 Å². The van der Waals surface area contributed by atoms with Crippen molar-refractivity contribution in [3.8, 4) is 11.4 Å². The number of hydrogen-bond donors (Lipinski definition) is 1. The third-order valence-corrected chi connectivity index (χ3v) is 4.43. The third-order valence-electron chi connectivity index (χ3n) is 3.54. The van der Waals surface area contributed by atoms with Gasteiger partial charge in [-0.25, -0.2) is 0 Å². The highest BCUT2D eigenvalue weighted by molar-refractivity contribution is 7.99. The molecule has 1 aromatic carbocycles. The number of hydrogen-bond acceptors (Lipinski definition) is 5. The lowest BCUT2D eigenvalue weighted by molar-refractivity contribution is 0.268. The van der Waals surface area contributed by atoms with Gasteiger partial charge in [-0.05, 0) is 42.9 Å². The molecule has 4 nitrogen and oxygen atoms in total. The molecule has 0 aliphatic rings. The molecule has 2 rings (SSSR count). The zero-order chi connectivity index (χ0) is 14.6. The van der Waals surface area contributed by atoms with Crippen LogP contribution in [0.3, 0.4) is 0 Å². The highest BCUT2D eigenvalue weighted by atomic mass is 32.2. The van der Waals surface area contributed by atoms with Crippen LogP contribution in [0.15, 0.2) is 33.7 Å². The van der Waals surface area contributed by atoms with E-state index in [0.29, 0.717) is 11.7 Å². The fourth-order valence-corrected chi connectivity index (χ4v) is 2.62. The van der Waals surface area contributed by atoms with Crippen molar-refractivity contribution >= 4 is 11.8 Å². The maximum Gasteiger partial charge on any atom is 0.247 e. The highest BCUT2D eigenvalue weighted by Gasteiger charge is 2.30. The summed E-state index contributed by atoms with van der Waals surface area (Å²) in [4.78, 5) is 5.71. The number of nitrogens with zero attached hydrogens (tertiary/aromatic N) is 2. The molecular formula is C15H21N3OS. The second-order valence-corrected chi connectivity index (χ2v) is 6.08. The molecule has 5 heteroatoms. The van der Waals surface area contributed by atoms with Crippen molar-refractivity contribution in [1.82, 2.24) is 10.1 Å². The molecule has 0 amide bonds. The van der Waals surface area contributed by atoms with Crippen LogP contribution in [0.4, 0.5) is 0 Å². The Morgan fingerprint density at radius 1 is 1.15 bits per heavy atom. The van der Waals surface area contributed by atoms with E-state index in [1.54, 1.807) is 0 Å². The summed E-state index contributed by atoms with van der Waals surface area (Å²) in [6.45, 7) is 6.20. The molecular weight excluding hydrogens is 270 g/mol. The predicted molar refractivity (Wildman–Crippen MR) is 82.6 cm³/mol. The summed E-state index contributed by atoms with van der Waals surface area (Å²) in [5.41, 5.74) is 6.70. The maximum absolute atomic E-state index is 6.27. The fraction of sp³-hybridized carbons (Fsp3) is 0.467. The van der Waals surface area contributed by atoms with Crippen LogP contribution in [0.5, 0.6) is 0 Å². The van der Waals surface area contributed by atoms with Crippen LogP contribution < -0.4 is 5.73 Å². The molecule has 0 atom stereocenters. The van der Waals surface area contributed by atoms with Gasteiger partial charge in [-0.2, -0.15) is 4.98 Å². The normalized spacial score (nSPS) is 11.8. The largest absolute Gasteiger partial charge is 0.337 e. The van der Waals surface area contributed by atoms with Gasteiger partial charge in [0.2, 0.25) is 11.7 Å². The van der Waals surface area contributed by atoms with Crippen LogP contribution in [0.1, 0.15) is 39.5 Å². The first-order valence-electron chi connectivity index (χ1n) is 6.99. The van der Waals surface area contributed by atoms with Crippen molar-refractivity contribution < 1.29 is 4.52 Å². The van der Waals surface area contributed by atoms with Gasteiger partial charge < -0.3 is 10.3 Å². The standard InChI is InChI=1S/C15H21N3OS/c1-4-15(16,5-2)14-17-13(18-19-14)11-7-9-12(10-8-11)20-6-3/h7-10H,4-6,16H2,1-3H3. The van der Waals surface area contributed by atoms with Crippen molar-refractivity contribution in [2.45, 2.75) is 44.0 Å². The van der Waals surface area contributed by atoms with E-state index < -0.39 is 5.54 Å². The first-order chi connectivity index (χ1) is 9.62. The SMILES string of the molecule is CCSc1ccc(-c2noc(C(N)(CC)CC)n2)cc1. The highest BCUT2D eigenvalue weighted by Crippen LogP contribution is 2.27. The van der Waals surface area contributed by atoms with Gasteiger partial charge in [0.1, 0.15) is 0 Å². The minimum absolute atomic E-state index is 0.518. The fourth-order valence-electron chi connectivity index (χ4n) is 1.96. The molecule has 108 valence electrons. The number of aromatic nitrogens is 2. The second kappa shape index (κ2) is 6.41. The van der Waals surface area contributed by atoms with Crippen molar-refractivity contribution in [3.05, 3.63) is 30.2 Å². The molecule has 0 unspecified atom stereocenters. The Morgan fingerprint density at radius 2 is 1.80 bits per heavy atom. The van der Waals surface area contributed by atoms with Crippen molar-refractivity contribution in [2.24, 2.45) is 5.73 Å². The third kappa shape index (κ3) is 3.04. The summed E-state index contributed by atoms with van der Waals surface area (Å²) in [6.07, 6.45) is 1.55. The molecule has 0 saturated carbocycles. The average molecular weight is 291 g/mol. The van der Waals surface area contributed by atoms with E-state index in [9.17, 15) is 0 Å². The maximum atomic E-state index is 6.27. The van der Waals surface area contributed by atoms with Crippen molar-refractivity contribution in [1.29, 1.82) is 0 Å². The van der Waals surface area contributed by atoms with Gasteiger partial charge in [0.05, 0.1) is 5.54 Å². The predicted octanol–water partition coefficient (Wildman–Crippen LogP) is 3.82. The minimum Gasteiger partial charge on any atom is -0.337 e. The lowest BCUT2D eigenvalue weighted by Crippen LogP contribution is -2.35. The summed E-state index contributed by atoms with van der Waals surface area (Å²) in [5, 5.41) is 4.05. The molecule has 2 aromatic rings. The van der Waals surface area contributed by atoms with Gasteiger partial charge in [-0.15, -0.1) is 11.8 Å². The first kappa shape index (κ1) is 15.1. The smallest absolute Gasteiger partial charge is 0.247 e. The molecule has 0 radical (unpaired) electrons. The lowest BCUT2D eigenvalue weighted by Gasteiger charge is -2.20. The van der Waals surface area contributed by atoms with Crippen molar-refractivity contribution in [3.63, 3.8) is 0 Å². The molecule has 0 aliphatic carbocycles. The van der Waals surface area contributed by atoms with Crippen LogP contribution in [-0.4, -0.2) is 15.9 Å². The zero-order valence-electron chi connectivity index (χ0n) is 12.2. The number of thioether (sulfide) groups is 1. The summed E-state index contributed by atoms with van der Waals surface area (Å²) >= 11 is 1.81. The van der Waals surface area contributed by atoms with E-state index in [1.807, 2.05) is 37.7 Å². The lowest BCUT2D eigenvalue weighted by atomic mass is 9.94. The quantitative estimate of drug-likeness (QED) is 0.820. The van der Waals surface area contributed by atoms with E-state index in [0.717, 1.165) is 24.2 Å². The molecule has 1 heterocycles. The van der Waals surface area contributed by atoms with Crippen LogP contribution in [-0.2, 0) is 5.54 Å². The molecule has 20 heavy (non-hydrogen) atoms. The van der Waals surface area contributed by atoms with Crippen LogP contribution in [0.2, 0.25) is 0 Å². The van der Waals surface area contributed by atoms with Crippen LogP contribution in [0, 0.1) is 0 Å². The number of rotatable bonds is 6. The van der Waals surface area contributed by atoms with Gasteiger partial charge in [0.25, 0.3) is 0 Å². The molecule has 0 aliphatic heterocycles. The zero-order valence-corrected chi connectivity index (χ0v) is 13.0. The molecule has 0 spiro atoms. The Kier molecular flexibility index (Phi) is 4.83. The summed E-state index contributed by atoms with van der Waals surface area (Å²) in [5.74, 6) is 2.18. The molecule has 2 N–H and O–H groups in total. The van der Waals surface area contributed by atoms with E-state index in [2.05, 4.69) is 29.2 Å². The summed E-state index contributed by atoms with van der Waals surface area (Å²) in [7, 11) is 0. The molecule has 0 fully saturated rings. The Hall–Kier alpha value is -1.33. The monoisotopic (exact) mass is 291 g/mol. The van der Waals surface area contributed by atoms with E-state index in [1.165, 1.54) is 4.90 Å². The topological polar surface area (TPSA) is 64.9 Å². The van der Waals surface area contributed by atoms with Crippen LogP contribution in [0.25, 0.3) is 11.4 Å². The average Bonchev–Trinajstić information content (AvgIpc) is 2.98. The van der Waals surface area contributed by atoms with Gasteiger partial charge in [-0.1, -0.05) is 25.9 Å². The Balaban J connectivity index is 2.24. The van der Waals surface area contributed by atoms with Gasteiger partial charge in [0, 0.05) is 10.5 Å². The van der Waals surface area contributed by atoms with Gasteiger partial charge in [-0.3, -0.25) is 0 Å². The number of nitrogens with two attached hydrogens (primary N) is 1. The summed E-state index contributed by atoms with van der Waals surface area (Å²) < 4.78 is 5.35. The second-order valence-electron chi connectivity index (χ2n) is 4.74. The van der Waals surface area contributed by atoms with E-state index in [4.69, 9.17) is 10.3 Å².